The third-order valence-electron chi connectivity index (χ3n) is 3.11. The SMILES string of the molecule is COc1cc(Br)c(OCc2ccccc2)c(C(=O)O)c1C. The predicted molar refractivity (Wildman–Crippen MR) is 83.2 cm³/mol. The lowest BCUT2D eigenvalue weighted by atomic mass is 10.1. The summed E-state index contributed by atoms with van der Waals surface area (Å²) in [6, 6.07) is 11.3. The maximum Gasteiger partial charge on any atom is 0.339 e. The van der Waals surface area contributed by atoms with E-state index in [0.717, 1.165) is 5.56 Å². The first-order chi connectivity index (χ1) is 10.0. The van der Waals surface area contributed by atoms with Gasteiger partial charge in [0.05, 0.1) is 11.6 Å². The Bertz CT molecular complexity index is 653. The van der Waals surface area contributed by atoms with Gasteiger partial charge in [0.15, 0.2) is 0 Å². The number of methoxy groups -OCH3 is 1. The molecule has 0 atom stereocenters. The van der Waals surface area contributed by atoms with Gasteiger partial charge in [0, 0.05) is 5.56 Å². The van der Waals surface area contributed by atoms with E-state index in [1.165, 1.54) is 7.11 Å². The van der Waals surface area contributed by atoms with Crippen LogP contribution in [0.5, 0.6) is 11.5 Å². The van der Waals surface area contributed by atoms with Crippen molar-refractivity contribution in [3.05, 3.63) is 57.6 Å². The molecule has 1 N–H and O–H groups in total. The molecule has 2 rings (SSSR count). The second-order valence-corrected chi connectivity index (χ2v) is 5.32. The van der Waals surface area contributed by atoms with Crippen molar-refractivity contribution in [2.45, 2.75) is 13.5 Å². The van der Waals surface area contributed by atoms with Gasteiger partial charge >= 0.3 is 5.97 Å². The fourth-order valence-corrected chi connectivity index (χ4v) is 2.56. The smallest absolute Gasteiger partial charge is 0.339 e. The molecule has 0 radical (unpaired) electrons. The largest absolute Gasteiger partial charge is 0.496 e. The van der Waals surface area contributed by atoms with Crippen LogP contribution < -0.4 is 9.47 Å². The van der Waals surface area contributed by atoms with Crippen molar-refractivity contribution in [2.75, 3.05) is 7.11 Å². The van der Waals surface area contributed by atoms with Gasteiger partial charge in [-0.2, -0.15) is 0 Å². The minimum absolute atomic E-state index is 0.108. The normalized spacial score (nSPS) is 10.2. The van der Waals surface area contributed by atoms with Crippen molar-refractivity contribution in [3.63, 3.8) is 0 Å². The van der Waals surface area contributed by atoms with Crippen molar-refractivity contribution in [1.82, 2.24) is 0 Å². The van der Waals surface area contributed by atoms with E-state index >= 15 is 0 Å². The molecule has 0 saturated heterocycles. The van der Waals surface area contributed by atoms with Gasteiger partial charge < -0.3 is 14.6 Å². The molecule has 0 unspecified atom stereocenters. The van der Waals surface area contributed by atoms with E-state index in [4.69, 9.17) is 9.47 Å². The summed E-state index contributed by atoms with van der Waals surface area (Å²) in [5.41, 5.74) is 1.61. The zero-order valence-electron chi connectivity index (χ0n) is 11.7. The molecule has 0 aliphatic rings. The lowest BCUT2D eigenvalue weighted by molar-refractivity contribution is 0.0690. The number of halogens is 1. The monoisotopic (exact) mass is 350 g/mol. The molecule has 0 aliphatic heterocycles. The number of aromatic carboxylic acids is 1. The van der Waals surface area contributed by atoms with Crippen LogP contribution >= 0.6 is 15.9 Å². The Kier molecular flexibility index (Phi) is 4.85. The van der Waals surface area contributed by atoms with E-state index in [0.29, 0.717) is 28.1 Å². The van der Waals surface area contributed by atoms with Crippen LogP contribution in [0.4, 0.5) is 0 Å². The van der Waals surface area contributed by atoms with Crippen molar-refractivity contribution in [3.8, 4) is 11.5 Å². The summed E-state index contributed by atoms with van der Waals surface area (Å²) in [7, 11) is 1.50. The van der Waals surface area contributed by atoms with Crippen molar-refractivity contribution >= 4 is 21.9 Å². The van der Waals surface area contributed by atoms with Crippen molar-refractivity contribution in [2.24, 2.45) is 0 Å². The van der Waals surface area contributed by atoms with Crippen LogP contribution in [-0.2, 0) is 6.61 Å². The highest BCUT2D eigenvalue weighted by atomic mass is 79.9. The zero-order valence-corrected chi connectivity index (χ0v) is 13.3. The van der Waals surface area contributed by atoms with E-state index in [2.05, 4.69) is 15.9 Å². The molecule has 4 nitrogen and oxygen atoms in total. The third-order valence-corrected chi connectivity index (χ3v) is 3.70. The molecule has 0 saturated carbocycles. The van der Waals surface area contributed by atoms with Crippen LogP contribution in [-0.4, -0.2) is 18.2 Å². The number of carboxylic acids is 1. The molecule has 110 valence electrons. The Morgan fingerprint density at radius 3 is 2.52 bits per heavy atom. The van der Waals surface area contributed by atoms with E-state index in [-0.39, 0.29) is 5.56 Å². The molecule has 0 heterocycles. The van der Waals surface area contributed by atoms with Gasteiger partial charge in [0.1, 0.15) is 23.7 Å². The second-order valence-electron chi connectivity index (χ2n) is 4.47. The van der Waals surface area contributed by atoms with Gasteiger partial charge in [-0.25, -0.2) is 4.79 Å². The highest BCUT2D eigenvalue weighted by Crippen LogP contribution is 2.37. The Balaban J connectivity index is 2.38. The maximum atomic E-state index is 11.5. The van der Waals surface area contributed by atoms with E-state index in [9.17, 15) is 9.90 Å². The topological polar surface area (TPSA) is 55.8 Å². The zero-order chi connectivity index (χ0) is 15.4. The molecule has 0 aliphatic carbocycles. The van der Waals surface area contributed by atoms with Crippen LogP contribution in [0.3, 0.4) is 0 Å². The first kappa shape index (κ1) is 15.4. The highest BCUT2D eigenvalue weighted by Gasteiger charge is 2.21. The number of hydrogen-bond donors (Lipinski definition) is 1. The predicted octanol–water partition coefficient (Wildman–Crippen LogP) is 4.04. The molecule has 2 aromatic rings. The van der Waals surface area contributed by atoms with Gasteiger partial charge in [-0.05, 0) is 34.5 Å². The molecular weight excluding hydrogens is 336 g/mol. The quantitative estimate of drug-likeness (QED) is 0.883. The minimum Gasteiger partial charge on any atom is -0.496 e. The lowest BCUT2D eigenvalue weighted by Gasteiger charge is -2.16. The Morgan fingerprint density at radius 2 is 1.95 bits per heavy atom. The van der Waals surface area contributed by atoms with Crippen molar-refractivity contribution in [1.29, 1.82) is 0 Å². The summed E-state index contributed by atoms with van der Waals surface area (Å²) in [5.74, 6) is -0.230. The standard InChI is InChI=1S/C16H15BrO4/c1-10-13(20-2)8-12(17)15(14(10)16(18)19)21-9-11-6-4-3-5-7-11/h3-8H,9H2,1-2H3,(H,18,19). The molecule has 0 amide bonds. The first-order valence-corrected chi connectivity index (χ1v) is 7.11. The first-order valence-electron chi connectivity index (χ1n) is 6.31. The Labute approximate surface area is 131 Å². The lowest BCUT2D eigenvalue weighted by Crippen LogP contribution is -2.07. The van der Waals surface area contributed by atoms with Crippen LogP contribution in [0.2, 0.25) is 0 Å². The van der Waals surface area contributed by atoms with Crippen LogP contribution in [0.1, 0.15) is 21.5 Å². The van der Waals surface area contributed by atoms with Gasteiger partial charge in [0.2, 0.25) is 0 Å². The fraction of sp³-hybridized carbons (Fsp3) is 0.188. The molecule has 21 heavy (non-hydrogen) atoms. The molecule has 0 aromatic heterocycles. The number of benzene rings is 2. The summed E-state index contributed by atoms with van der Waals surface area (Å²) < 4.78 is 11.5. The van der Waals surface area contributed by atoms with Gasteiger partial charge in [-0.15, -0.1) is 0 Å². The second kappa shape index (κ2) is 6.63. The number of hydrogen-bond acceptors (Lipinski definition) is 3. The average Bonchev–Trinajstić information content (AvgIpc) is 2.48. The number of ether oxygens (including phenoxy) is 2. The molecule has 0 bridgehead atoms. The summed E-state index contributed by atoms with van der Waals surface area (Å²) in [5, 5.41) is 9.43. The summed E-state index contributed by atoms with van der Waals surface area (Å²) in [4.78, 5) is 11.5. The summed E-state index contributed by atoms with van der Waals surface area (Å²) in [6.07, 6.45) is 0. The highest BCUT2D eigenvalue weighted by molar-refractivity contribution is 9.10. The molecule has 0 spiro atoms. The van der Waals surface area contributed by atoms with Gasteiger partial charge in [-0.1, -0.05) is 30.3 Å². The molecule has 5 heteroatoms. The van der Waals surface area contributed by atoms with E-state index < -0.39 is 5.97 Å². The van der Waals surface area contributed by atoms with E-state index in [1.807, 2.05) is 30.3 Å². The third kappa shape index (κ3) is 3.36. The number of carboxylic acid groups (broad SMARTS) is 1. The Morgan fingerprint density at radius 1 is 1.29 bits per heavy atom. The van der Waals surface area contributed by atoms with E-state index in [1.54, 1.807) is 13.0 Å². The van der Waals surface area contributed by atoms with Crippen molar-refractivity contribution < 1.29 is 19.4 Å². The van der Waals surface area contributed by atoms with Gasteiger partial charge in [-0.3, -0.25) is 0 Å². The Hall–Kier alpha value is -2.01. The molecule has 2 aromatic carbocycles. The summed E-state index contributed by atoms with van der Waals surface area (Å²) >= 11 is 3.35. The van der Waals surface area contributed by atoms with Crippen LogP contribution in [0, 0.1) is 6.92 Å². The van der Waals surface area contributed by atoms with Crippen LogP contribution in [0.25, 0.3) is 0 Å². The maximum absolute atomic E-state index is 11.5. The summed E-state index contributed by atoms with van der Waals surface area (Å²) in [6.45, 7) is 2.00. The molecule has 0 fully saturated rings. The average molecular weight is 351 g/mol. The number of carbonyl (C=O) groups is 1. The molecular formula is C16H15BrO4. The van der Waals surface area contributed by atoms with Gasteiger partial charge in [0.25, 0.3) is 0 Å². The fourth-order valence-electron chi connectivity index (χ4n) is 2.04. The number of rotatable bonds is 5. The minimum atomic E-state index is -1.05. The van der Waals surface area contributed by atoms with Crippen LogP contribution in [0.15, 0.2) is 40.9 Å².